The molecule has 0 N–H and O–H groups in total. The van der Waals surface area contributed by atoms with Crippen LogP contribution < -0.4 is 0 Å². The molecular weight excluding hydrogens is 148 g/mol. The molecule has 2 heteroatoms. The maximum Gasteiger partial charge on any atom is 0.0699 e. The third kappa shape index (κ3) is 0.135. The quantitative estimate of drug-likeness (QED) is 0.517. The molecule has 0 unspecified atom stereocenters. The van der Waals surface area contributed by atoms with E-state index >= 15 is 0 Å². The van der Waals surface area contributed by atoms with Crippen LogP contribution in [0.15, 0.2) is 0 Å². The Labute approximate surface area is 69.8 Å². The first-order valence-corrected chi connectivity index (χ1v) is 4.68. The van der Waals surface area contributed by atoms with Crippen LogP contribution in [0, 0.1) is 69.0 Å². The van der Waals surface area contributed by atoms with Gasteiger partial charge in [0.25, 0.3) is 0 Å². The fourth-order valence-corrected chi connectivity index (χ4v) is 5.97. The summed E-state index contributed by atoms with van der Waals surface area (Å²) >= 11 is 0. The van der Waals surface area contributed by atoms with Crippen LogP contribution in [0.25, 0.3) is 0 Å². The highest BCUT2D eigenvalue weighted by atomic mass is 15.1. The van der Waals surface area contributed by atoms with E-state index in [1.165, 1.54) is 0 Å². The standard InChI is InChI=1S/C10H6N2/c11-1-9-3-6-4(9)8-5(9)7(3)10(6,8)2-12/h3-8H. The number of nitriles is 2. The van der Waals surface area contributed by atoms with Crippen LogP contribution >= 0.6 is 0 Å². The molecule has 6 saturated carbocycles. The molecule has 0 saturated heterocycles. The summed E-state index contributed by atoms with van der Waals surface area (Å²) in [6, 6.07) is 5.05. The van der Waals surface area contributed by atoms with Gasteiger partial charge in [0.05, 0.1) is 23.0 Å². The van der Waals surface area contributed by atoms with Crippen molar-refractivity contribution in [2.75, 3.05) is 0 Å². The summed E-state index contributed by atoms with van der Waals surface area (Å²) in [5.74, 6) is 4.10. The zero-order valence-electron chi connectivity index (χ0n) is 6.36. The molecule has 0 amide bonds. The Morgan fingerprint density at radius 3 is 1.08 bits per heavy atom. The minimum Gasteiger partial charge on any atom is -0.198 e. The molecular formula is C10H6N2. The van der Waals surface area contributed by atoms with E-state index in [2.05, 4.69) is 12.1 Å². The molecule has 12 heavy (non-hydrogen) atoms. The van der Waals surface area contributed by atoms with Crippen LogP contribution in [0.4, 0.5) is 0 Å². The van der Waals surface area contributed by atoms with Crippen molar-refractivity contribution >= 4 is 0 Å². The molecule has 0 radical (unpaired) electrons. The van der Waals surface area contributed by atoms with E-state index in [9.17, 15) is 0 Å². The van der Waals surface area contributed by atoms with Gasteiger partial charge < -0.3 is 0 Å². The second-order valence-corrected chi connectivity index (χ2v) is 5.24. The molecule has 0 aliphatic heterocycles. The second-order valence-electron chi connectivity index (χ2n) is 5.24. The Bertz CT molecular complexity index is 340. The maximum atomic E-state index is 9.04. The van der Waals surface area contributed by atoms with Gasteiger partial charge in [-0.25, -0.2) is 0 Å². The van der Waals surface area contributed by atoms with Crippen LogP contribution in [0.1, 0.15) is 0 Å². The van der Waals surface area contributed by atoms with Crippen LogP contribution in [0.2, 0.25) is 0 Å². The molecule has 6 aliphatic carbocycles. The fraction of sp³-hybridized carbons (Fsp3) is 0.800. The Kier molecular flexibility index (Phi) is 0.341. The van der Waals surface area contributed by atoms with Crippen molar-refractivity contribution in [2.24, 2.45) is 46.3 Å². The first-order valence-electron chi connectivity index (χ1n) is 4.68. The average molecular weight is 154 g/mol. The molecule has 0 aromatic carbocycles. The number of hydrogen-bond acceptors (Lipinski definition) is 2. The largest absolute Gasteiger partial charge is 0.198 e. The van der Waals surface area contributed by atoms with Gasteiger partial charge in [-0.15, -0.1) is 0 Å². The first kappa shape index (κ1) is 4.87. The minimum absolute atomic E-state index is 0.137. The summed E-state index contributed by atoms with van der Waals surface area (Å²) < 4.78 is 0. The summed E-state index contributed by atoms with van der Waals surface area (Å²) in [5.41, 5.74) is 0.275. The molecule has 56 valence electrons. The van der Waals surface area contributed by atoms with Gasteiger partial charge in [0.1, 0.15) is 0 Å². The Morgan fingerprint density at radius 1 is 0.667 bits per heavy atom. The number of rotatable bonds is 0. The zero-order chi connectivity index (χ0) is 7.88. The van der Waals surface area contributed by atoms with Crippen molar-refractivity contribution < 1.29 is 0 Å². The third-order valence-corrected chi connectivity index (χ3v) is 6.02. The molecule has 2 nitrogen and oxygen atoms in total. The first-order chi connectivity index (χ1) is 5.85. The molecule has 0 spiro atoms. The summed E-state index contributed by atoms with van der Waals surface area (Å²) in [4.78, 5) is 0. The lowest BCUT2D eigenvalue weighted by atomic mass is 8.93. The molecule has 0 aromatic rings. The van der Waals surface area contributed by atoms with Gasteiger partial charge >= 0.3 is 0 Å². The Hall–Kier alpha value is -1.02. The summed E-state index contributed by atoms with van der Waals surface area (Å²) in [7, 11) is 0. The number of hydrogen-bond donors (Lipinski definition) is 0. The summed E-state index contributed by atoms with van der Waals surface area (Å²) in [6.07, 6.45) is 0. The van der Waals surface area contributed by atoms with E-state index in [-0.39, 0.29) is 10.8 Å². The fourth-order valence-electron chi connectivity index (χ4n) is 5.97. The van der Waals surface area contributed by atoms with E-state index in [0.717, 1.165) is 0 Å². The minimum atomic E-state index is 0.137. The highest BCUT2D eigenvalue weighted by Crippen LogP contribution is 3.09. The van der Waals surface area contributed by atoms with Gasteiger partial charge in [-0.05, 0) is 35.5 Å². The average Bonchev–Trinajstić information content (AvgIpc) is 2.17. The molecule has 0 atom stereocenters. The second kappa shape index (κ2) is 0.839. The summed E-state index contributed by atoms with van der Waals surface area (Å²) in [5, 5.41) is 18.1. The smallest absolute Gasteiger partial charge is 0.0699 e. The highest BCUT2D eigenvalue weighted by Gasteiger charge is 3.11. The lowest BCUT2D eigenvalue weighted by Gasteiger charge is -3.08. The molecule has 6 aliphatic rings. The third-order valence-electron chi connectivity index (χ3n) is 6.02. The van der Waals surface area contributed by atoms with Crippen molar-refractivity contribution in [1.82, 2.24) is 0 Å². The van der Waals surface area contributed by atoms with Crippen LogP contribution in [0.3, 0.4) is 0 Å². The molecule has 0 bridgehead atoms. The van der Waals surface area contributed by atoms with Gasteiger partial charge in [0, 0.05) is 0 Å². The Balaban J connectivity index is 1.78. The van der Waals surface area contributed by atoms with Crippen molar-refractivity contribution in [1.29, 1.82) is 10.5 Å². The molecule has 0 heterocycles. The Morgan fingerprint density at radius 2 is 0.917 bits per heavy atom. The summed E-state index contributed by atoms with van der Waals surface area (Å²) in [6.45, 7) is 0. The maximum absolute atomic E-state index is 9.04. The normalized spacial score (nSPS) is 86.8. The van der Waals surface area contributed by atoms with Crippen molar-refractivity contribution in [3.05, 3.63) is 0 Å². The zero-order valence-corrected chi connectivity index (χ0v) is 6.36. The number of nitrogens with zero attached hydrogens (tertiary/aromatic N) is 2. The van der Waals surface area contributed by atoms with E-state index < -0.39 is 0 Å². The van der Waals surface area contributed by atoms with E-state index in [4.69, 9.17) is 10.5 Å². The van der Waals surface area contributed by atoms with Crippen LogP contribution in [-0.4, -0.2) is 0 Å². The SMILES string of the molecule is N#CC12C3C4C1C1C2C3C41C#N. The van der Waals surface area contributed by atoms with Gasteiger partial charge in [-0.3, -0.25) is 0 Å². The van der Waals surface area contributed by atoms with Gasteiger partial charge in [-0.1, -0.05) is 0 Å². The van der Waals surface area contributed by atoms with E-state index in [1.54, 1.807) is 0 Å². The van der Waals surface area contributed by atoms with E-state index in [0.29, 0.717) is 35.5 Å². The predicted molar refractivity (Wildman–Crippen MR) is 37.0 cm³/mol. The highest BCUT2D eigenvalue weighted by molar-refractivity contribution is 5.61. The molecule has 0 aromatic heterocycles. The van der Waals surface area contributed by atoms with E-state index in [1.807, 2.05) is 0 Å². The van der Waals surface area contributed by atoms with Crippen molar-refractivity contribution in [2.45, 2.75) is 0 Å². The monoisotopic (exact) mass is 154 g/mol. The van der Waals surface area contributed by atoms with Crippen molar-refractivity contribution in [3.8, 4) is 12.1 Å². The molecule has 6 rings (SSSR count). The van der Waals surface area contributed by atoms with Crippen molar-refractivity contribution in [3.63, 3.8) is 0 Å². The lowest BCUT2D eigenvalue weighted by molar-refractivity contribution is -0.625. The molecule has 6 fully saturated rings. The van der Waals surface area contributed by atoms with Gasteiger partial charge in [0.2, 0.25) is 0 Å². The topological polar surface area (TPSA) is 47.6 Å². The predicted octanol–water partition coefficient (Wildman–Crippen LogP) is 0.772. The van der Waals surface area contributed by atoms with Crippen LogP contribution in [0.5, 0.6) is 0 Å². The van der Waals surface area contributed by atoms with Gasteiger partial charge in [-0.2, -0.15) is 10.5 Å². The van der Waals surface area contributed by atoms with Crippen LogP contribution in [-0.2, 0) is 0 Å². The lowest BCUT2D eigenvalue weighted by Crippen LogP contribution is -3.09. The van der Waals surface area contributed by atoms with Gasteiger partial charge in [0.15, 0.2) is 0 Å².